The van der Waals surface area contributed by atoms with E-state index in [0.29, 0.717) is 0 Å². The third-order valence-corrected chi connectivity index (χ3v) is 2.71. The fourth-order valence-electron chi connectivity index (χ4n) is 1.49. The highest BCUT2D eigenvalue weighted by molar-refractivity contribution is 6.30. The molecule has 0 aliphatic carbocycles. The van der Waals surface area contributed by atoms with Gasteiger partial charge in [0.1, 0.15) is 0 Å². The first-order valence-corrected chi connectivity index (χ1v) is 6.32. The Morgan fingerprint density at radius 2 is 1.69 bits per heavy atom. The van der Waals surface area contributed by atoms with Crippen LogP contribution < -0.4 is 0 Å². The summed E-state index contributed by atoms with van der Waals surface area (Å²) < 4.78 is 5.47. The minimum absolute atomic E-state index is 0.806. The fraction of sp³-hybridized carbons (Fsp3) is 0.500. The first-order chi connectivity index (χ1) is 7.83. The van der Waals surface area contributed by atoms with E-state index in [0.717, 1.165) is 43.9 Å². The molecule has 0 aromatic heterocycles. The van der Waals surface area contributed by atoms with Crippen LogP contribution in [0.5, 0.6) is 0 Å². The van der Waals surface area contributed by atoms with E-state index in [1.807, 2.05) is 12.1 Å². The van der Waals surface area contributed by atoms with Crippen LogP contribution in [0.3, 0.4) is 0 Å². The lowest BCUT2D eigenvalue weighted by Gasteiger charge is -2.03. The van der Waals surface area contributed by atoms with Gasteiger partial charge in [-0.3, -0.25) is 0 Å². The van der Waals surface area contributed by atoms with Gasteiger partial charge in [-0.1, -0.05) is 37.1 Å². The predicted molar refractivity (Wildman–Crippen MR) is 69.8 cm³/mol. The summed E-state index contributed by atoms with van der Waals surface area (Å²) in [6.07, 6.45) is 5.43. The van der Waals surface area contributed by atoms with Gasteiger partial charge >= 0.3 is 0 Å². The molecule has 0 unspecified atom stereocenters. The molecule has 1 rings (SSSR count). The molecule has 1 aromatic rings. The Kier molecular flexibility index (Phi) is 7.28. The zero-order chi connectivity index (χ0) is 11.6. The second-order valence-electron chi connectivity index (χ2n) is 3.90. The quantitative estimate of drug-likeness (QED) is 0.615. The van der Waals surface area contributed by atoms with Crippen molar-refractivity contribution in [3.8, 4) is 0 Å². The van der Waals surface area contributed by atoms with Crippen LogP contribution in [0.15, 0.2) is 24.3 Å². The molecule has 0 heterocycles. The standard InChI is InChI=1S/C14H20ClO/c1-2-3-11-16-12-5-4-6-13-7-9-14(15)10-8-13/h7-10H,1-6,11-12H2. The van der Waals surface area contributed by atoms with Crippen molar-refractivity contribution in [2.24, 2.45) is 0 Å². The van der Waals surface area contributed by atoms with Gasteiger partial charge in [0.05, 0.1) is 0 Å². The molecule has 0 spiro atoms. The summed E-state index contributed by atoms with van der Waals surface area (Å²) in [5.41, 5.74) is 1.35. The minimum Gasteiger partial charge on any atom is -0.381 e. The van der Waals surface area contributed by atoms with Crippen LogP contribution in [0, 0.1) is 6.92 Å². The molecule has 0 amide bonds. The summed E-state index contributed by atoms with van der Waals surface area (Å²) in [6, 6.07) is 8.07. The van der Waals surface area contributed by atoms with E-state index in [-0.39, 0.29) is 0 Å². The largest absolute Gasteiger partial charge is 0.381 e. The number of benzene rings is 1. The summed E-state index contributed by atoms with van der Waals surface area (Å²) in [7, 11) is 0. The average Bonchev–Trinajstić information content (AvgIpc) is 2.30. The molecule has 0 atom stereocenters. The van der Waals surface area contributed by atoms with Gasteiger partial charge in [0.25, 0.3) is 0 Å². The van der Waals surface area contributed by atoms with Crippen molar-refractivity contribution in [3.63, 3.8) is 0 Å². The number of aryl methyl sites for hydroxylation is 1. The molecule has 0 saturated carbocycles. The third-order valence-electron chi connectivity index (χ3n) is 2.46. The Morgan fingerprint density at radius 1 is 1.00 bits per heavy atom. The van der Waals surface area contributed by atoms with Crippen molar-refractivity contribution in [2.75, 3.05) is 13.2 Å². The van der Waals surface area contributed by atoms with Crippen LogP contribution in [0.1, 0.15) is 31.2 Å². The maximum atomic E-state index is 5.82. The molecule has 16 heavy (non-hydrogen) atoms. The highest BCUT2D eigenvalue weighted by Gasteiger charge is 1.94. The summed E-state index contributed by atoms with van der Waals surface area (Å²) >= 11 is 5.82. The van der Waals surface area contributed by atoms with Crippen LogP contribution in [0.4, 0.5) is 0 Å². The van der Waals surface area contributed by atoms with Crippen LogP contribution in [0.25, 0.3) is 0 Å². The highest BCUT2D eigenvalue weighted by atomic mass is 35.5. The number of hydrogen-bond acceptors (Lipinski definition) is 1. The minimum atomic E-state index is 0.806. The number of hydrogen-bond donors (Lipinski definition) is 0. The SMILES string of the molecule is [CH2]CCCOCCCCc1ccc(Cl)cc1. The summed E-state index contributed by atoms with van der Waals surface area (Å²) in [6.45, 7) is 5.50. The molecule has 1 aromatic carbocycles. The summed E-state index contributed by atoms with van der Waals surface area (Å²) in [5, 5.41) is 0.806. The highest BCUT2D eigenvalue weighted by Crippen LogP contribution is 2.11. The van der Waals surface area contributed by atoms with Crippen LogP contribution in [0.2, 0.25) is 5.02 Å². The average molecular weight is 240 g/mol. The van der Waals surface area contributed by atoms with Crippen molar-refractivity contribution in [2.45, 2.75) is 32.1 Å². The Labute approximate surface area is 104 Å². The van der Waals surface area contributed by atoms with E-state index < -0.39 is 0 Å². The maximum absolute atomic E-state index is 5.82. The van der Waals surface area contributed by atoms with Gasteiger partial charge in [0.2, 0.25) is 0 Å². The van der Waals surface area contributed by atoms with Gasteiger partial charge < -0.3 is 4.74 Å². The van der Waals surface area contributed by atoms with Crippen molar-refractivity contribution in [1.29, 1.82) is 0 Å². The molecule has 1 nitrogen and oxygen atoms in total. The molecule has 2 heteroatoms. The Bertz CT molecular complexity index is 269. The van der Waals surface area contributed by atoms with Crippen molar-refractivity contribution in [1.82, 2.24) is 0 Å². The molecule has 1 radical (unpaired) electrons. The second kappa shape index (κ2) is 8.60. The number of ether oxygens (including phenoxy) is 1. The maximum Gasteiger partial charge on any atom is 0.0466 e. The predicted octanol–water partition coefficient (Wildman–Crippen LogP) is 4.29. The molecule has 0 saturated heterocycles. The molecule has 0 bridgehead atoms. The van der Waals surface area contributed by atoms with Crippen molar-refractivity contribution in [3.05, 3.63) is 41.8 Å². The Balaban J connectivity index is 2.01. The van der Waals surface area contributed by atoms with Crippen LogP contribution >= 0.6 is 11.6 Å². The fourth-order valence-corrected chi connectivity index (χ4v) is 1.62. The van der Waals surface area contributed by atoms with E-state index in [1.54, 1.807) is 0 Å². The van der Waals surface area contributed by atoms with Gasteiger partial charge in [0.15, 0.2) is 0 Å². The Morgan fingerprint density at radius 3 is 2.38 bits per heavy atom. The monoisotopic (exact) mass is 239 g/mol. The molecule has 0 N–H and O–H groups in total. The topological polar surface area (TPSA) is 9.23 Å². The van der Waals surface area contributed by atoms with Crippen molar-refractivity contribution >= 4 is 11.6 Å². The first-order valence-electron chi connectivity index (χ1n) is 5.94. The molecule has 0 aliphatic heterocycles. The smallest absolute Gasteiger partial charge is 0.0466 e. The van der Waals surface area contributed by atoms with Crippen LogP contribution in [-0.2, 0) is 11.2 Å². The van der Waals surface area contributed by atoms with E-state index >= 15 is 0 Å². The van der Waals surface area contributed by atoms with E-state index in [1.165, 1.54) is 12.0 Å². The molecule has 0 fully saturated rings. The van der Waals surface area contributed by atoms with Gasteiger partial charge in [-0.2, -0.15) is 0 Å². The zero-order valence-electron chi connectivity index (χ0n) is 9.75. The number of halogens is 1. The van der Waals surface area contributed by atoms with Gasteiger partial charge in [-0.25, -0.2) is 0 Å². The molecule has 89 valence electrons. The normalized spacial score (nSPS) is 10.6. The van der Waals surface area contributed by atoms with Gasteiger partial charge in [-0.05, 0) is 43.4 Å². The van der Waals surface area contributed by atoms with Gasteiger partial charge in [-0.15, -0.1) is 0 Å². The second-order valence-corrected chi connectivity index (χ2v) is 4.34. The number of rotatable bonds is 8. The van der Waals surface area contributed by atoms with Crippen LogP contribution in [-0.4, -0.2) is 13.2 Å². The first kappa shape index (κ1) is 13.5. The third kappa shape index (κ3) is 6.14. The molecular formula is C14H20ClO. The van der Waals surface area contributed by atoms with E-state index in [9.17, 15) is 0 Å². The Hall–Kier alpha value is -0.530. The van der Waals surface area contributed by atoms with Gasteiger partial charge in [0, 0.05) is 18.2 Å². The number of unbranched alkanes of at least 4 members (excludes halogenated alkanes) is 2. The zero-order valence-corrected chi connectivity index (χ0v) is 10.5. The lowest BCUT2D eigenvalue weighted by molar-refractivity contribution is 0.128. The summed E-state index contributed by atoms with van der Waals surface area (Å²) in [4.78, 5) is 0. The van der Waals surface area contributed by atoms with E-state index in [4.69, 9.17) is 16.3 Å². The molecule has 0 aliphatic rings. The summed E-state index contributed by atoms with van der Waals surface area (Å²) in [5.74, 6) is 0. The lowest BCUT2D eigenvalue weighted by Crippen LogP contribution is -1.97. The van der Waals surface area contributed by atoms with E-state index in [2.05, 4.69) is 19.1 Å². The van der Waals surface area contributed by atoms with Crippen molar-refractivity contribution < 1.29 is 4.74 Å². The lowest BCUT2D eigenvalue weighted by atomic mass is 10.1. The molecular weight excluding hydrogens is 220 g/mol.